The van der Waals surface area contributed by atoms with Crippen LogP contribution in [0.25, 0.3) is 0 Å². The smallest absolute Gasteiger partial charge is 0.256 e. The summed E-state index contributed by atoms with van der Waals surface area (Å²) in [4.78, 5) is 21.7. The minimum Gasteiger partial charge on any atom is -0.327 e. The minimum absolute atomic E-state index is 0.0756. The molecule has 4 aliphatic carbocycles. The molecule has 2 aromatic heterocycles. The zero-order valence-corrected chi connectivity index (χ0v) is 14.9. The van der Waals surface area contributed by atoms with Crippen LogP contribution in [0.2, 0.25) is 0 Å². The summed E-state index contributed by atoms with van der Waals surface area (Å²) in [6.45, 7) is 2.54. The van der Waals surface area contributed by atoms with Crippen LogP contribution in [0.3, 0.4) is 0 Å². The maximum Gasteiger partial charge on any atom is 0.256 e. The molecule has 4 atom stereocenters. The second kappa shape index (κ2) is 4.69. The van der Waals surface area contributed by atoms with Crippen molar-refractivity contribution in [3.63, 3.8) is 0 Å². The molecule has 5 aliphatic rings. The second-order valence-electron chi connectivity index (χ2n) is 8.92. The maximum atomic E-state index is 13.2. The van der Waals surface area contributed by atoms with E-state index < -0.39 is 0 Å². The highest BCUT2D eigenvalue weighted by Gasteiger charge is 2.63. The SMILES string of the molecule is Cc1nnn(C23C[C@@H]4C[C@@H](CC(N5Cc6ncccc6C5=O)(C4)C2)C3)n1. The number of carbonyl (C=O) groups is 1. The third kappa shape index (κ3) is 1.81. The van der Waals surface area contributed by atoms with Crippen LogP contribution in [-0.2, 0) is 12.1 Å². The van der Waals surface area contributed by atoms with Crippen LogP contribution in [0.5, 0.6) is 0 Å². The molecule has 7 rings (SSSR count). The Morgan fingerprint density at radius 2 is 1.92 bits per heavy atom. The maximum absolute atomic E-state index is 13.2. The number of tetrazole rings is 1. The highest BCUT2D eigenvalue weighted by molar-refractivity contribution is 5.98. The Labute approximate surface area is 151 Å². The van der Waals surface area contributed by atoms with Crippen molar-refractivity contribution in [2.45, 2.75) is 63.1 Å². The average molecular weight is 350 g/mol. The van der Waals surface area contributed by atoms with Crippen molar-refractivity contribution in [3.8, 4) is 0 Å². The highest BCUT2D eigenvalue weighted by atomic mass is 16.2. The highest BCUT2D eigenvalue weighted by Crippen LogP contribution is 2.62. The lowest BCUT2D eigenvalue weighted by Crippen LogP contribution is -2.66. The van der Waals surface area contributed by atoms with Gasteiger partial charge in [-0.1, -0.05) is 0 Å². The van der Waals surface area contributed by atoms with E-state index in [1.54, 1.807) is 6.20 Å². The molecule has 26 heavy (non-hydrogen) atoms. The molecule has 4 bridgehead atoms. The molecule has 2 unspecified atom stereocenters. The Kier molecular flexibility index (Phi) is 2.67. The van der Waals surface area contributed by atoms with Crippen LogP contribution in [-0.4, -0.2) is 41.5 Å². The Morgan fingerprint density at radius 3 is 2.62 bits per heavy atom. The summed E-state index contributed by atoms with van der Waals surface area (Å²) in [5, 5.41) is 13.1. The van der Waals surface area contributed by atoms with E-state index in [0.717, 1.165) is 49.2 Å². The van der Waals surface area contributed by atoms with Crippen molar-refractivity contribution >= 4 is 5.91 Å². The standard InChI is InChI=1S/C19H22N6O/c1-12-21-23-25(22-12)19-8-13-5-14(9-19)7-18(6-13,11-19)24-10-16-15(17(24)26)3-2-4-20-16/h2-4,13-14H,5-11H2,1H3/t13-,14+,18?,19?. The van der Waals surface area contributed by atoms with Gasteiger partial charge in [-0.25, -0.2) is 0 Å². The van der Waals surface area contributed by atoms with Crippen molar-refractivity contribution in [1.82, 2.24) is 30.1 Å². The van der Waals surface area contributed by atoms with E-state index in [0.29, 0.717) is 18.4 Å². The molecule has 7 nitrogen and oxygen atoms in total. The van der Waals surface area contributed by atoms with Crippen molar-refractivity contribution in [1.29, 1.82) is 0 Å². The van der Waals surface area contributed by atoms with Crippen LogP contribution in [0.15, 0.2) is 18.3 Å². The molecule has 0 N–H and O–H groups in total. The predicted octanol–water partition coefficient (Wildman–Crippen LogP) is 2.08. The number of carbonyl (C=O) groups excluding carboxylic acids is 1. The Bertz CT molecular complexity index is 906. The molecule has 2 aromatic rings. The molecule has 4 fully saturated rings. The Balaban J connectivity index is 1.43. The van der Waals surface area contributed by atoms with Crippen molar-refractivity contribution in [2.75, 3.05) is 0 Å². The summed E-state index contributed by atoms with van der Waals surface area (Å²) in [6.07, 6.45) is 8.48. The Morgan fingerprint density at radius 1 is 1.15 bits per heavy atom. The molecule has 4 saturated carbocycles. The first-order valence-corrected chi connectivity index (χ1v) is 9.60. The molecule has 3 heterocycles. The number of hydrogen-bond donors (Lipinski definition) is 0. The first-order chi connectivity index (χ1) is 12.6. The number of nitrogens with zero attached hydrogens (tertiary/aromatic N) is 6. The summed E-state index contributed by atoms with van der Waals surface area (Å²) in [6, 6.07) is 3.78. The summed E-state index contributed by atoms with van der Waals surface area (Å²) in [5.74, 6) is 2.18. The van der Waals surface area contributed by atoms with Gasteiger partial charge in [0.1, 0.15) is 0 Å². The quantitative estimate of drug-likeness (QED) is 0.829. The van der Waals surface area contributed by atoms with Crippen LogP contribution in [0, 0.1) is 18.8 Å². The number of pyridine rings is 1. The molecular weight excluding hydrogens is 328 g/mol. The predicted molar refractivity (Wildman–Crippen MR) is 92.1 cm³/mol. The largest absolute Gasteiger partial charge is 0.327 e. The van der Waals surface area contributed by atoms with Gasteiger partial charge in [-0.15, -0.1) is 10.2 Å². The monoisotopic (exact) mass is 350 g/mol. The zero-order valence-electron chi connectivity index (χ0n) is 14.9. The lowest BCUT2D eigenvalue weighted by atomic mass is 9.49. The van der Waals surface area contributed by atoms with Gasteiger partial charge in [0, 0.05) is 11.7 Å². The fraction of sp³-hybridized carbons (Fsp3) is 0.632. The number of amides is 1. The van der Waals surface area contributed by atoms with Crippen molar-refractivity contribution in [3.05, 3.63) is 35.4 Å². The minimum atomic E-state index is -0.0800. The number of hydrogen-bond acceptors (Lipinski definition) is 5. The molecule has 7 heteroatoms. The van der Waals surface area contributed by atoms with E-state index in [1.807, 2.05) is 23.9 Å². The van der Waals surface area contributed by atoms with Gasteiger partial charge in [0.2, 0.25) is 0 Å². The van der Waals surface area contributed by atoms with E-state index in [9.17, 15) is 4.79 Å². The van der Waals surface area contributed by atoms with Gasteiger partial charge in [-0.2, -0.15) is 4.80 Å². The molecule has 0 spiro atoms. The summed E-state index contributed by atoms with van der Waals surface area (Å²) < 4.78 is 0. The van der Waals surface area contributed by atoms with Gasteiger partial charge in [0.25, 0.3) is 5.91 Å². The first-order valence-electron chi connectivity index (χ1n) is 9.60. The van der Waals surface area contributed by atoms with Crippen LogP contribution < -0.4 is 0 Å². The Hall–Kier alpha value is -2.31. The van der Waals surface area contributed by atoms with Crippen LogP contribution in [0.1, 0.15) is 60.4 Å². The number of aromatic nitrogens is 5. The summed E-state index contributed by atoms with van der Waals surface area (Å²) in [5.41, 5.74) is 1.56. The fourth-order valence-electron chi connectivity index (χ4n) is 6.71. The molecule has 134 valence electrons. The number of aryl methyl sites for hydroxylation is 1. The van der Waals surface area contributed by atoms with E-state index in [2.05, 4.69) is 25.3 Å². The lowest BCUT2D eigenvalue weighted by molar-refractivity contribution is -0.122. The van der Waals surface area contributed by atoms with E-state index in [4.69, 9.17) is 0 Å². The normalized spacial score (nSPS) is 37.4. The van der Waals surface area contributed by atoms with E-state index in [1.165, 1.54) is 6.42 Å². The summed E-state index contributed by atoms with van der Waals surface area (Å²) in [7, 11) is 0. The van der Waals surface area contributed by atoms with Gasteiger partial charge >= 0.3 is 0 Å². The third-order valence-electron chi connectivity index (χ3n) is 7.18. The van der Waals surface area contributed by atoms with Gasteiger partial charge in [-0.3, -0.25) is 9.78 Å². The molecule has 0 aromatic carbocycles. The van der Waals surface area contributed by atoms with Gasteiger partial charge < -0.3 is 4.90 Å². The lowest BCUT2D eigenvalue weighted by Gasteiger charge is -2.63. The zero-order chi connectivity index (χ0) is 17.5. The molecular formula is C19H22N6O. The van der Waals surface area contributed by atoms with Gasteiger partial charge in [0.15, 0.2) is 5.82 Å². The van der Waals surface area contributed by atoms with Gasteiger partial charge in [0.05, 0.1) is 23.3 Å². The first kappa shape index (κ1) is 14.8. The molecule has 0 radical (unpaired) electrons. The average Bonchev–Trinajstić information content (AvgIpc) is 3.19. The molecule has 1 amide bonds. The van der Waals surface area contributed by atoms with Crippen molar-refractivity contribution < 1.29 is 4.79 Å². The van der Waals surface area contributed by atoms with Crippen LogP contribution in [0.4, 0.5) is 0 Å². The fourth-order valence-corrected chi connectivity index (χ4v) is 6.71. The number of fused-ring (bicyclic) bond motifs is 1. The van der Waals surface area contributed by atoms with E-state index in [-0.39, 0.29) is 17.0 Å². The molecule has 0 saturated heterocycles. The van der Waals surface area contributed by atoms with Crippen LogP contribution >= 0.6 is 0 Å². The van der Waals surface area contributed by atoms with Gasteiger partial charge in [-0.05, 0) is 74.6 Å². The second-order valence-corrected chi connectivity index (χ2v) is 8.92. The summed E-state index contributed by atoms with van der Waals surface area (Å²) >= 11 is 0. The third-order valence-corrected chi connectivity index (χ3v) is 7.18. The topological polar surface area (TPSA) is 76.8 Å². The number of rotatable bonds is 2. The molecule has 1 aliphatic heterocycles. The van der Waals surface area contributed by atoms with E-state index >= 15 is 0 Å². The van der Waals surface area contributed by atoms with Crippen molar-refractivity contribution in [2.24, 2.45) is 11.8 Å².